The third-order valence-electron chi connectivity index (χ3n) is 2.92. The van der Waals surface area contributed by atoms with Crippen LogP contribution in [0.3, 0.4) is 0 Å². The van der Waals surface area contributed by atoms with Crippen LogP contribution in [0.15, 0.2) is 24.3 Å². The van der Waals surface area contributed by atoms with Crippen molar-refractivity contribution in [2.45, 2.75) is 12.8 Å². The third-order valence-corrected chi connectivity index (χ3v) is 2.92. The van der Waals surface area contributed by atoms with E-state index in [9.17, 15) is 4.79 Å². The third kappa shape index (κ3) is 2.12. The Hall–Kier alpha value is -1.51. The average Bonchev–Trinajstić information content (AvgIpc) is 2.50. The Kier molecular flexibility index (Phi) is 2.90. The first kappa shape index (κ1) is 10.0. The highest BCUT2D eigenvalue weighted by Gasteiger charge is 2.16. The molecule has 0 aliphatic carbocycles. The summed E-state index contributed by atoms with van der Waals surface area (Å²) in [5.41, 5.74) is 2.76. The molecule has 2 amide bonds. The quantitative estimate of drug-likeness (QED) is 0.681. The molecule has 0 spiro atoms. The molecule has 0 saturated carbocycles. The van der Waals surface area contributed by atoms with Gasteiger partial charge in [0, 0.05) is 20.1 Å². The van der Waals surface area contributed by atoms with E-state index in [1.807, 2.05) is 4.90 Å². The van der Waals surface area contributed by atoms with Gasteiger partial charge in [-0.25, -0.2) is 4.79 Å². The van der Waals surface area contributed by atoms with Gasteiger partial charge in [-0.3, -0.25) is 0 Å². The molecule has 1 aromatic carbocycles. The van der Waals surface area contributed by atoms with Crippen molar-refractivity contribution in [3.63, 3.8) is 0 Å². The van der Waals surface area contributed by atoms with Gasteiger partial charge in [-0.05, 0) is 24.0 Å². The van der Waals surface area contributed by atoms with Gasteiger partial charge in [0.1, 0.15) is 0 Å². The SMILES string of the molecule is CNC(=O)N1CCc2ccccc2CC1. The lowest BCUT2D eigenvalue weighted by Gasteiger charge is -2.19. The fourth-order valence-corrected chi connectivity index (χ4v) is 2.03. The highest BCUT2D eigenvalue weighted by molar-refractivity contribution is 5.73. The molecular weight excluding hydrogens is 188 g/mol. The second kappa shape index (κ2) is 4.34. The van der Waals surface area contributed by atoms with Gasteiger partial charge in [0.25, 0.3) is 0 Å². The Balaban J connectivity index is 2.12. The number of amides is 2. The van der Waals surface area contributed by atoms with Crippen molar-refractivity contribution in [3.05, 3.63) is 35.4 Å². The zero-order valence-electron chi connectivity index (χ0n) is 8.99. The molecule has 1 aromatic rings. The minimum atomic E-state index is 0.0304. The van der Waals surface area contributed by atoms with Crippen LogP contribution >= 0.6 is 0 Å². The van der Waals surface area contributed by atoms with Crippen molar-refractivity contribution < 1.29 is 4.79 Å². The minimum absolute atomic E-state index is 0.0304. The Morgan fingerprint density at radius 3 is 2.20 bits per heavy atom. The number of carbonyl (C=O) groups excluding carboxylic acids is 1. The summed E-state index contributed by atoms with van der Waals surface area (Å²) in [6, 6.07) is 8.47. The van der Waals surface area contributed by atoms with E-state index in [0.29, 0.717) is 0 Å². The van der Waals surface area contributed by atoms with Crippen LogP contribution in [0, 0.1) is 0 Å². The number of fused-ring (bicyclic) bond motifs is 1. The molecule has 15 heavy (non-hydrogen) atoms. The van der Waals surface area contributed by atoms with Crippen molar-refractivity contribution in [3.8, 4) is 0 Å². The van der Waals surface area contributed by atoms with Crippen molar-refractivity contribution in [1.29, 1.82) is 0 Å². The summed E-state index contributed by atoms with van der Waals surface area (Å²) < 4.78 is 0. The summed E-state index contributed by atoms with van der Waals surface area (Å²) in [7, 11) is 1.68. The van der Waals surface area contributed by atoms with Gasteiger partial charge < -0.3 is 10.2 Å². The van der Waals surface area contributed by atoms with Crippen molar-refractivity contribution in [2.75, 3.05) is 20.1 Å². The van der Waals surface area contributed by atoms with E-state index in [4.69, 9.17) is 0 Å². The first-order valence-corrected chi connectivity index (χ1v) is 5.34. The molecule has 3 nitrogen and oxygen atoms in total. The normalized spacial score (nSPS) is 15.4. The van der Waals surface area contributed by atoms with E-state index >= 15 is 0 Å². The van der Waals surface area contributed by atoms with Gasteiger partial charge in [0.15, 0.2) is 0 Å². The number of benzene rings is 1. The molecule has 0 saturated heterocycles. The van der Waals surface area contributed by atoms with Gasteiger partial charge in [-0.2, -0.15) is 0 Å². The number of nitrogens with one attached hydrogen (secondary N) is 1. The molecule has 0 unspecified atom stereocenters. The van der Waals surface area contributed by atoms with Crippen LogP contribution in [0.5, 0.6) is 0 Å². The second-order valence-corrected chi connectivity index (χ2v) is 3.81. The standard InChI is InChI=1S/C12H16N2O/c1-13-12(15)14-8-6-10-4-2-3-5-11(10)7-9-14/h2-5H,6-9H2,1H3,(H,13,15). The van der Waals surface area contributed by atoms with Crippen LogP contribution in [-0.4, -0.2) is 31.1 Å². The maximum Gasteiger partial charge on any atom is 0.317 e. The smallest absolute Gasteiger partial charge is 0.317 e. The highest BCUT2D eigenvalue weighted by atomic mass is 16.2. The Labute approximate surface area is 90.1 Å². The van der Waals surface area contributed by atoms with Crippen molar-refractivity contribution >= 4 is 6.03 Å². The molecule has 1 heterocycles. The molecule has 80 valence electrons. The molecule has 2 rings (SSSR count). The summed E-state index contributed by atoms with van der Waals surface area (Å²) in [5.74, 6) is 0. The predicted molar refractivity (Wildman–Crippen MR) is 59.9 cm³/mol. The first-order valence-electron chi connectivity index (χ1n) is 5.34. The van der Waals surface area contributed by atoms with Crippen LogP contribution in [0.25, 0.3) is 0 Å². The van der Waals surface area contributed by atoms with Crippen LogP contribution in [0.1, 0.15) is 11.1 Å². The van der Waals surface area contributed by atoms with Gasteiger partial charge in [0.05, 0.1) is 0 Å². The van der Waals surface area contributed by atoms with Gasteiger partial charge in [0.2, 0.25) is 0 Å². The molecule has 0 atom stereocenters. The largest absolute Gasteiger partial charge is 0.341 e. The summed E-state index contributed by atoms with van der Waals surface area (Å²) in [4.78, 5) is 13.4. The zero-order valence-corrected chi connectivity index (χ0v) is 8.99. The van der Waals surface area contributed by atoms with Gasteiger partial charge in [-0.15, -0.1) is 0 Å². The number of hydrogen-bond donors (Lipinski definition) is 1. The topological polar surface area (TPSA) is 32.3 Å². The lowest BCUT2D eigenvalue weighted by molar-refractivity contribution is 0.202. The van der Waals surface area contributed by atoms with Gasteiger partial charge in [-0.1, -0.05) is 24.3 Å². The van der Waals surface area contributed by atoms with E-state index in [0.717, 1.165) is 25.9 Å². The van der Waals surface area contributed by atoms with Crippen LogP contribution in [-0.2, 0) is 12.8 Å². The highest BCUT2D eigenvalue weighted by Crippen LogP contribution is 2.15. The van der Waals surface area contributed by atoms with Crippen molar-refractivity contribution in [2.24, 2.45) is 0 Å². The number of urea groups is 1. The molecule has 0 aromatic heterocycles. The first-order chi connectivity index (χ1) is 7.31. The monoisotopic (exact) mass is 204 g/mol. The Bertz CT molecular complexity index is 335. The lowest BCUT2D eigenvalue weighted by Crippen LogP contribution is -2.39. The molecule has 3 heteroatoms. The van der Waals surface area contributed by atoms with Crippen LogP contribution in [0.2, 0.25) is 0 Å². The molecular formula is C12H16N2O. The van der Waals surface area contributed by atoms with E-state index in [1.54, 1.807) is 7.05 Å². The summed E-state index contributed by atoms with van der Waals surface area (Å²) in [6.07, 6.45) is 1.92. The number of nitrogens with zero attached hydrogens (tertiary/aromatic N) is 1. The zero-order chi connectivity index (χ0) is 10.7. The molecule has 0 bridgehead atoms. The fraction of sp³-hybridized carbons (Fsp3) is 0.417. The molecule has 1 aliphatic rings. The van der Waals surface area contributed by atoms with E-state index in [2.05, 4.69) is 29.6 Å². The van der Waals surface area contributed by atoms with Crippen LogP contribution in [0.4, 0.5) is 4.79 Å². The van der Waals surface area contributed by atoms with Crippen molar-refractivity contribution in [1.82, 2.24) is 10.2 Å². The van der Waals surface area contributed by atoms with E-state index in [1.165, 1.54) is 11.1 Å². The van der Waals surface area contributed by atoms with E-state index < -0.39 is 0 Å². The maximum atomic E-state index is 11.5. The molecule has 1 N–H and O–H groups in total. The van der Waals surface area contributed by atoms with Gasteiger partial charge >= 0.3 is 6.03 Å². The summed E-state index contributed by atoms with van der Waals surface area (Å²) in [6.45, 7) is 1.63. The fourth-order valence-electron chi connectivity index (χ4n) is 2.03. The molecule has 0 fully saturated rings. The number of carbonyl (C=O) groups is 1. The predicted octanol–water partition coefficient (Wildman–Crippen LogP) is 1.43. The lowest BCUT2D eigenvalue weighted by atomic mass is 10.0. The average molecular weight is 204 g/mol. The Morgan fingerprint density at radius 1 is 1.20 bits per heavy atom. The summed E-state index contributed by atoms with van der Waals surface area (Å²) >= 11 is 0. The minimum Gasteiger partial charge on any atom is -0.341 e. The summed E-state index contributed by atoms with van der Waals surface area (Å²) in [5, 5.41) is 2.68. The maximum absolute atomic E-state index is 11.5. The Morgan fingerprint density at radius 2 is 1.73 bits per heavy atom. The molecule has 0 radical (unpaired) electrons. The number of rotatable bonds is 0. The number of hydrogen-bond acceptors (Lipinski definition) is 1. The molecule has 1 aliphatic heterocycles. The van der Waals surface area contributed by atoms with E-state index in [-0.39, 0.29) is 6.03 Å². The van der Waals surface area contributed by atoms with Crippen LogP contribution < -0.4 is 5.32 Å². The second-order valence-electron chi connectivity index (χ2n) is 3.81.